The Hall–Kier alpha value is -1.52. The molecule has 14 heavy (non-hydrogen) atoms. The Morgan fingerprint density at radius 2 is 1.43 bits per heavy atom. The van der Waals surface area contributed by atoms with Crippen molar-refractivity contribution >= 4 is 18.5 Å². The normalized spacial score (nSPS) is 9.00. The summed E-state index contributed by atoms with van der Waals surface area (Å²) in [5.41, 5.74) is 0. The van der Waals surface area contributed by atoms with Crippen LogP contribution in [0.25, 0.3) is 10.8 Å². The van der Waals surface area contributed by atoms with Crippen LogP contribution in [-0.4, -0.2) is 22.8 Å². The maximum absolute atomic E-state index is 9.13. The molecule has 2 aromatic carbocycles. The van der Waals surface area contributed by atoms with E-state index < -0.39 is 7.69 Å². The van der Waals surface area contributed by atoms with E-state index in [9.17, 15) is 0 Å². The molecule has 0 atom stereocenters. The molecule has 3 N–H and O–H groups in total. The van der Waals surface area contributed by atoms with E-state index in [0.29, 0.717) is 5.75 Å². The minimum atomic E-state index is -0.750. The molecule has 0 heterocycles. The van der Waals surface area contributed by atoms with E-state index in [1.54, 1.807) is 12.1 Å². The average Bonchev–Trinajstić information content (AvgIpc) is 2.19. The Morgan fingerprint density at radius 1 is 0.857 bits per heavy atom. The van der Waals surface area contributed by atoms with Crippen molar-refractivity contribution in [2.45, 2.75) is 0 Å². The van der Waals surface area contributed by atoms with Crippen molar-refractivity contribution < 1.29 is 15.2 Å². The van der Waals surface area contributed by atoms with Gasteiger partial charge in [0.1, 0.15) is 5.75 Å². The van der Waals surface area contributed by atoms with Crippen molar-refractivity contribution in [3.63, 3.8) is 0 Å². The number of benzene rings is 2. The molecular weight excluding hydrogens is 179 g/mol. The topological polar surface area (TPSA) is 60.7 Å². The highest BCUT2D eigenvalue weighted by Gasteiger charge is 1.91. The van der Waals surface area contributed by atoms with Crippen LogP contribution in [0.4, 0.5) is 0 Å². The van der Waals surface area contributed by atoms with Crippen molar-refractivity contribution in [1.82, 2.24) is 0 Å². The van der Waals surface area contributed by atoms with Crippen LogP contribution in [0.15, 0.2) is 42.5 Å². The van der Waals surface area contributed by atoms with Crippen molar-refractivity contribution in [2.24, 2.45) is 0 Å². The standard InChI is InChI=1S/C10H8O.BH3O2/c11-10-6-5-8-3-1-2-4-9(8)7-10;2-1-3/h1-7,11H;1-3H. The fraction of sp³-hybridized carbons (Fsp3) is 0. The molecule has 2 rings (SSSR count). The van der Waals surface area contributed by atoms with Gasteiger partial charge in [0.05, 0.1) is 0 Å². The zero-order valence-corrected chi connectivity index (χ0v) is 7.59. The minimum absolute atomic E-state index is 0.323. The number of aromatic hydroxyl groups is 1. The van der Waals surface area contributed by atoms with E-state index in [-0.39, 0.29) is 0 Å². The molecule has 2 aromatic rings. The Morgan fingerprint density at radius 3 is 2.07 bits per heavy atom. The fourth-order valence-corrected chi connectivity index (χ4v) is 1.18. The molecule has 0 aliphatic heterocycles. The van der Waals surface area contributed by atoms with E-state index in [2.05, 4.69) is 0 Å². The van der Waals surface area contributed by atoms with Gasteiger partial charge in [-0.2, -0.15) is 0 Å². The van der Waals surface area contributed by atoms with Crippen molar-refractivity contribution in [2.75, 3.05) is 0 Å². The van der Waals surface area contributed by atoms with E-state index in [1.807, 2.05) is 30.3 Å². The molecule has 0 unspecified atom stereocenters. The Kier molecular flexibility index (Phi) is 3.97. The van der Waals surface area contributed by atoms with Gasteiger partial charge >= 0.3 is 7.69 Å². The van der Waals surface area contributed by atoms with Gasteiger partial charge in [-0.05, 0) is 22.9 Å². The number of phenols is 1. The van der Waals surface area contributed by atoms with E-state index in [0.717, 1.165) is 10.8 Å². The first-order chi connectivity index (χ1) is 6.77. The lowest BCUT2D eigenvalue weighted by atomic mass is 10.1. The summed E-state index contributed by atoms with van der Waals surface area (Å²) < 4.78 is 0. The minimum Gasteiger partial charge on any atom is -0.508 e. The van der Waals surface area contributed by atoms with Gasteiger partial charge in [-0.25, -0.2) is 0 Å². The van der Waals surface area contributed by atoms with Crippen LogP contribution in [0, 0.1) is 0 Å². The van der Waals surface area contributed by atoms with Gasteiger partial charge in [0.2, 0.25) is 0 Å². The number of fused-ring (bicyclic) bond motifs is 1. The number of rotatable bonds is 0. The summed E-state index contributed by atoms with van der Waals surface area (Å²) >= 11 is 0. The Bertz CT molecular complexity index is 403. The van der Waals surface area contributed by atoms with Gasteiger partial charge in [-0.1, -0.05) is 30.3 Å². The SMILES string of the molecule is OBO.Oc1ccc2ccccc2c1. The van der Waals surface area contributed by atoms with E-state index >= 15 is 0 Å². The third-order valence-electron chi connectivity index (χ3n) is 1.73. The van der Waals surface area contributed by atoms with Crippen LogP contribution in [-0.2, 0) is 0 Å². The zero-order chi connectivity index (χ0) is 10.4. The third-order valence-corrected chi connectivity index (χ3v) is 1.73. The molecular formula is C10H11BO3. The molecule has 0 aromatic heterocycles. The van der Waals surface area contributed by atoms with Gasteiger partial charge in [0.15, 0.2) is 0 Å². The Balaban J connectivity index is 0.000000293. The predicted molar refractivity (Wildman–Crippen MR) is 57.2 cm³/mol. The third kappa shape index (κ3) is 2.76. The van der Waals surface area contributed by atoms with Gasteiger partial charge in [0, 0.05) is 0 Å². The summed E-state index contributed by atoms with van der Waals surface area (Å²) in [5, 5.41) is 25.6. The molecule has 0 fully saturated rings. The molecule has 0 aliphatic rings. The second-order valence-electron chi connectivity index (χ2n) is 2.67. The molecule has 3 nitrogen and oxygen atoms in total. The van der Waals surface area contributed by atoms with Crippen LogP contribution >= 0.6 is 0 Å². The zero-order valence-electron chi connectivity index (χ0n) is 7.59. The van der Waals surface area contributed by atoms with Gasteiger partial charge < -0.3 is 15.2 Å². The maximum Gasteiger partial charge on any atom is 0.432 e. The van der Waals surface area contributed by atoms with Crippen molar-refractivity contribution in [3.8, 4) is 5.75 Å². The quantitative estimate of drug-likeness (QED) is 0.538. The molecule has 0 saturated heterocycles. The molecule has 0 spiro atoms. The van der Waals surface area contributed by atoms with Crippen LogP contribution < -0.4 is 0 Å². The van der Waals surface area contributed by atoms with Crippen LogP contribution in [0.5, 0.6) is 5.75 Å². The number of hydrogen-bond acceptors (Lipinski definition) is 3. The van der Waals surface area contributed by atoms with Crippen molar-refractivity contribution in [1.29, 1.82) is 0 Å². The summed E-state index contributed by atoms with van der Waals surface area (Å²) in [6, 6.07) is 13.3. The molecule has 0 bridgehead atoms. The number of phenolic OH excluding ortho intramolecular Hbond substituents is 1. The molecule has 72 valence electrons. The molecule has 0 saturated carbocycles. The predicted octanol–water partition coefficient (Wildman–Crippen LogP) is 0.783. The van der Waals surface area contributed by atoms with Gasteiger partial charge in [-0.15, -0.1) is 0 Å². The average molecular weight is 190 g/mol. The fourth-order valence-electron chi connectivity index (χ4n) is 1.18. The first-order valence-electron chi connectivity index (χ1n) is 4.17. The summed E-state index contributed by atoms with van der Waals surface area (Å²) in [4.78, 5) is 0. The first kappa shape index (κ1) is 10.6. The smallest absolute Gasteiger partial charge is 0.432 e. The summed E-state index contributed by atoms with van der Waals surface area (Å²) in [5.74, 6) is 0.323. The molecule has 0 aliphatic carbocycles. The first-order valence-corrected chi connectivity index (χ1v) is 4.17. The van der Waals surface area contributed by atoms with Gasteiger partial charge in [-0.3, -0.25) is 0 Å². The Labute approximate surface area is 82.6 Å². The molecule has 0 radical (unpaired) electrons. The lowest BCUT2D eigenvalue weighted by Gasteiger charge is -1.96. The van der Waals surface area contributed by atoms with E-state index in [4.69, 9.17) is 15.2 Å². The van der Waals surface area contributed by atoms with Crippen molar-refractivity contribution in [3.05, 3.63) is 42.5 Å². The maximum atomic E-state index is 9.13. The second-order valence-corrected chi connectivity index (χ2v) is 2.67. The highest BCUT2D eigenvalue weighted by Crippen LogP contribution is 2.18. The summed E-state index contributed by atoms with van der Waals surface area (Å²) in [6.45, 7) is 0. The van der Waals surface area contributed by atoms with Crippen LogP contribution in [0.1, 0.15) is 0 Å². The van der Waals surface area contributed by atoms with Gasteiger partial charge in [0.25, 0.3) is 0 Å². The van der Waals surface area contributed by atoms with E-state index in [1.165, 1.54) is 0 Å². The highest BCUT2D eigenvalue weighted by molar-refractivity contribution is 6.13. The second kappa shape index (κ2) is 5.27. The summed E-state index contributed by atoms with van der Waals surface area (Å²) in [7, 11) is -0.750. The van der Waals surface area contributed by atoms with Crippen LogP contribution in [0.2, 0.25) is 0 Å². The lowest BCUT2D eigenvalue weighted by molar-refractivity contribution is 0.448. The molecule has 4 heteroatoms. The van der Waals surface area contributed by atoms with Crippen LogP contribution in [0.3, 0.4) is 0 Å². The highest BCUT2D eigenvalue weighted by atomic mass is 16.4. The lowest BCUT2D eigenvalue weighted by Crippen LogP contribution is -1.75. The monoisotopic (exact) mass is 190 g/mol. The largest absolute Gasteiger partial charge is 0.508 e. The number of hydrogen-bond donors (Lipinski definition) is 3. The summed E-state index contributed by atoms with van der Waals surface area (Å²) in [6.07, 6.45) is 0. The molecule has 0 amide bonds.